The van der Waals surface area contributed by atoms with Gasteiger partial charge in [0.25, 0.3) is 5.91 Å². The Morgan fingerprint density at radius 1 is 1.29 bits per heavy atom. The molecule has 0 saturated carbocycles. The van der Waals surface area contributed by atoms with Crippen LogP contribution in [-0.2, 0) is 25.6 Å². The Balaban J connectivity index is 2.16. The maximum atomic E-state index is 11.9. The van der Waals surface area contributed by atoms with E-state index in [1.54, 1.807) is 24.3 Å². The molecule has 1 aliphatic heterocycles. The van der Waals surface area contributed by atoms with Gasteiger partial charge in [0.1, 0.15) is 13.9 Å². The predicted octanol–water partition coefficient (Wildman–Crippen LogP) is 0.228. The van der Waals surface area contributed by atoms with Crippen molar-refractivity contribution in [2.75, 3.05) is 5.32 Å². The molecule has 0 unspecified atom stereocenters. The molecule has 0 aliphatic carbocycles. The topological polar surface area (TPSA) is 104 Å². The van der Waals surface area contributed by atoms with E-state index in [1.807, 2.05) is 0 Å². The van der Waals surface area contributed by atoms with Crippen molar-refractivity contribution in [3.8, 4) is 0 Å². The van der Waals surface area contributed by atoms with Crippen LogP contribution >= 0.6 is 0 Å². The van der Waals surface area contributed by atoms with Gasteiger partial charge in [-0.05, 0) is 29.2 Å². The van der Waals surface area contributed by atoms with Gasteiger partial charge in [-0.15, -0.1) is 0 Å². The third-order valence-electron chi connectivity index (χ3n) is 3.41. The zero-order valence-corrected chi connectivity index (χ0v) is 12.6. The lowest BCUT2D eigenvalue weighted by Gasteiger charge is -2.23. The number of aliphatic carboxylic acids is 1. The number of hydrogen-bond acceptors (Lipinski definition) is 4. The Morgan fingerprint density at radius 3 is 2.38 bits per heavy atom. The van der Waals surface area contributed by atoms with Crippen molar-refractivity contribution in [2.45, 2.75) is 12.5 Å². The summed E-state index contributed by atoms with van der Waals surface area (Å²) in [6.07, 6.45) is 1.95. The van der Waals surface area contributed by atoms with E-state index in [9.17, 15) is 24.3 Å². The van der Waals surface area contributed by atoms with Crippen LogP contribution in [0.3, 0.4) is 0 Å². The predicted molar refractivity (Wildman–Crippen MR) is 86.1 cm³/mol. The van der Waals surface area contributed by atoms with Crippen molar-refractivity contribution in [3.63, 3.8) is 0 Å². The first kappa shape index (κ1) is 17.2. The molecule has 1 atom stereocenters. The van der Waals surface area contributed by atoms with Gasteiger partial charge in [-0.1, -0.05) is 18.7 Å². The molecule has 7 nitrogen and oxygen atoms in total. The number of anilines is 1. The third-order valence-corrected chi connectivity index (χ3v) is 3.41. The average molecular weight is 324 g/mol. The summed E-state index contributed by atoms with van der Waals surface area (Å²) in [5, 5.41) is 11.9. The monoisotopic (exact) mass is 324 g/mol. The van der Waals surface area contributed by atoms with E-state index < -0.39 is 23.8 Å². The summed E-state index contributed by atoms with van der Waals surface area (Å²) < 4.78 is 0. The van der Waals surface area contributed by atoms with Gasteiger partial charge in [-0.2, -0.15) is 0 Å². The maximum absolute atomic E-state index is 11.9. The van der Waals surface area contributed by atoms with E-state index in [-0.39, 0.29) is 17.8 Å². The number of carbonyl (C=O) groups excluding carboxylic acids is 3. The van der Waals surface area contributed by atoms with Crippen LogP contribution in [0.15, 0.2) is 48.5 Å². The molecular weight excluding hydrogens is 311 g/mol. The zero-order valence-electron chi connectivity index (χ0n) is 12.6. The number of carboxylic acids is 1. The van der Waals surface area contributed by atoms with Crippen LogP contribution in [0, 0.1) is 0 Å². The minimum atomic E-state index is -1.36. The van der Waals surface area contributed by atoms with Crippen molar-refractivity contribution in [1.82, 2.24) is 4.90 Å². The Kier molecular flexibility index (Phi) is 4.98. The summed E-state index contributed by atoms with van der Waals surface area (Å²) in [4.78, 5) is 46.9. The summed E-state index contributed by atoms with van der Waals surface area (Å²) in [7, 11) is 5.38. The number of rotatable bonds is 6. The molecule has 24 heavy (non-hydrogen) atoms. The molecule has 2 radical (unpaired) electrons. The van der Waals surface area contributed by atoms with Gasteiger partial charge < -0.3 is 10.4 Å². The van der Waals surface area contributed by atoms with E-state index in [1.165, 1.54) is 0 Å². The number of imide groups is 1. The summed E-state index contributed by atoms with van der Waals surface area (Å²) in [5.41, 5.74) is 0.800. The third kappa shape index (κ3) is 3.60. The van der Waals surface area contributed by atoms with Crippen LogP contribution < -0.4 is 5.32 Å². The number of carboxylic acid groups (broad SMARTS) is 1. The van der Waals surface area contributed by atoms with Crippen LogP contribution in [0.4, 0.5) is 5.69 Å². The van der Waals surface area contributed by atoms with Crippen molar-refractivity contribution in [2.24, 2.45) is 0 Å². The van der Waals surface area contributed by atoms with Crippen LogP contribution in [-0.4, -0.2) is 47.6 Å². The fraction of sp³-hybridized carbons (Fsp3) is 0.125. The number of carbonyl (C=O) groups is 4. The molecule has 8 heteroatoms. The SMILES string of the molecule is [B]C1=CC(=O)N([C@@H](Cc2ccc(NC(=O)C=C)cc2)C(=O)O)C1=O. The summed E-state index contributed by atoms with van der Waals surface area (Å²) in [6.45, 7) is 3.34. The highest BCUT2D eigenvalue weighted by Gasteiger charge is 2.38. The fourth-order valence-electron chi connectivity index (χ4n) is 2.23. The summed E-state index contributed by atoms with van der Waals surface area (Å²) in [5.74, 6) is -3.26. The van der Waals surface area contributed by atoms with E-state index in [4.69, 9.17) is 7.85 Å². The molecule has 1 aromatic carbocycles. The lowest BCUT2D eigenvalue weighted by atomic mass is 9.96. The van der Waals surface area contributed by atoms with Crippen molar-refractivity contribution >= 4 is 37.2 Å². The number of nitrogens with one attached hydrogen (secondary N) is 1. The van der Waals surface area contributed by atoms with E-state index >= 15 is 0 Å². The fourth-order valence-corrected chi connectivity index (χ4v) is 2.23. The molecule has 1 aliphatic rings. The molecule has 0 spiro atoms. The molecule has 0 bridgehead atoms. The highest BCUT2D eigenvalue weighted by atomic mass is 16.4. The van der Waals surface area contributed by atoms with E-state index in [2.05, 4.69) is 11.9 Å². The van der Waals surface area contributed by atoms with Gasteiger partial charge in [0, 0.05) is 18.2 Å². The molecule has 1 aromatic rings. The van der Waals surface area contributed by atoms with Gasteiger partial charge in [-0.25, -0.2) is 4.79 Å². The second-order valence-corrected chi connectivity index (χ2v) is 5.06. The number of benzene rings is 1. The van der Waals surface area contributed by atoms with Crippen LogP contribution in [0.5, 0.6) is 0 Å². The van der Waals surface area contributed by atoms with Crippen molar-refractivity contribution in [3.05, 3.63) is 54.0 Å². The summed E-state index contributed by atoms with van der Waals surface area (Å²) in [6, 6.07) is 4.98. The second kappa shape index (κ2) is 6.95. The van der Waals surface area contributed by atoms with Crippen LogP contribution in [0.2, 0.25) is 0 Å². The minimum absolute atomic E-state index is 0.0797. The van der Waals surface area contributed by atoms with Crippen LogP contribution in [0.25, 0.3) is 0 Å². The molecule has 120 valence electrons. The van der Waals surface area contributed by atoms with Crippen molar-refractivity contribution in [1.29, 1.82) is 0 Å². The van der Waals surface area contributed by atoms with E-state index in [0.29, 0.717) is 16.2 Å². The Bertz CT molecular complexity index is 754. The first-order valence-electron chi connectivity index (χ1n) is 6.93. The molecule has 0 fully saturated rings. The largest absolute Gasteiger partial charge is 0.480 e. The maximum Gasteiger partial charge on any atom is 0.327 e. The van der Waals surface area contributed by atoms with Gasteiger partial charge in [0.15, 0.2) is 0 Å². The molecular formula is C16H13BN2O5. The minimum Gasteiger partial charge on any atom is -0.480 e. The molecule has 0 saturated heterocycles. The van der Waals surface area contributed by atoms with Gasteiger partial charge in [0.05, 0.1) is 0 Å². The molecule has 2 N–H and O–H groups in total. The highest BCUT2D eigenvalue weighted by molar-refractivity contribution is 6.42. The van der Waals surface area contributed by atoms with Crippen molar-refractivity contribution < 1.29 is 24.3 Å². The first-order valence-corrected chi connectivity index (χ1v) is 6.93. The zero-order chi connectivity index (χ0) is 17.9. The normalized spacial score (nSPS) is 15.0. The number of amides is 3. The standard InChI is InChI=1S/C16H13BN2O5/c1-2-13(20)18-10-5-3-9(4-6-10)7-12(16(23)24)19-14(21)8-11(17)15(19)22/h2-6,8,12H,1,7H2,(H,18,20)(H,23,24)/t12-/m0/s1. The number of nitrogens with zero attached hydrogens (tertiary/aromatic N) is 1. The molecule has 3 amide bonds. The quantitative estimate of drug-likeness (QED) is 0.443. The molecule has 2 rings (SSSR count). The average Bonchev–Trinajstić information content (AvgIpc) is 2.79. The van der Waals surface area contributed by atoms with E-state index in [0.717, 1.165) is 12.2 Å². The number of hydrogen-bond donors (Lipinski definition) is 2. The molecule has 0 aromatic heterocycles. The van der Waals surface area contributed by atoms with Gasteiger partial charge in [0.2, 0.25) is 11.8 Å². The van der Waals surface area contributed by atoms with Gasteiger partial charge >= 0.3 is 5.97 Å². The first-order chi connectivity index (χ1) is 11.3. The van der Waals surface area contributed by atoms with Gasteiger partial charge in [-0.3, -0.25) is 19.3 Å². The van der Waals surface area contributed by atoms with Crippen LogP contribution in [0.1, 0.15) is 5.56 Å². The smallest absolute Gasteiger partial charge is 0.327 e. The lowest BCUT2D eigenvalue weighted by molar-refractivity contribution is -0.153. The summed E-state index contributed by atoms with van der Waals surface area (Å²) >= 11 is 0. The molecule has 1 heterocycles. The highest BCUT2D eigenvalue weighted by Crippen LogP contribution is 2.19. The second-order valence-electron chi connectivity index (χ2n) is 5.06. The Labute approximate surface area is 139 Å². The lowest BCUT2D eigenvalue weighted by Crippen LogP contribution is -2.46. The Hall–Kier alpha value is -3.16. The Morgan fingerprint density at radius 2 is 1.92 bits per heavy atom.